The van der Waals surface area contributed by atoms with Gasteiger partial charge in [0.15, 0.2) is 0 Å². The summed E-state index contributed by atoms with van der Waals surface area (Å²) < 4.78 is 18.0. The van der Waals surface area contributed by atoms with E-state index in [4.69, 9.17) is 23.2 Å². The zero-order valence-corrected chi connectivity index (χ0v) is 12.8. The van der Waals surface area contributed by atoms with Crippen LogP contribution in [0.2, 0.25) is 10.0 Å². The average molecular weight is 322 g/mol. The number of esters is 1. The highest BCUT2D eigenvalue weighted by Gasteiger charge is 2.22. The SMILES string of the molecule is COC(=O)C(C)CN(C)C(=O)c1cc(F)c(Cl)cc1Cl. The van der Waals surface area contributed by atoms with E-state index in [0.717, 1.165) is 6.07 Å². The lowest BCUT2D eigenvalue weighted by Crippen LogP contribution is -2.34. The van der Waals surface area contributed by atoms with Gasteiger partial charge in [-0.05, 0) is 12.1 Å². The van der Waals surface area contributed by atoms with E-state index in [9.17, 15) is 14.0 Å². The fourth-order valence-corrected chi connectivity index (χ4v) is 2.13. The molecule has 0 aliphatic rings. The molecule has 0 bridgehead atoms. The minimum atomic E-state index is -0.728. The standard InChI is InChI=1S/C13H14Cl2FNO3/c1-7(13(19)20-3)6-17(2)12(18)8-4-11(16)10(15)5-9(8)14/h4-5,7H,6H2,1-3H3. The highest BCUT2D eigenvalue weighted by molar-refractivity contribution is 6.36. The fraction of sp³-hybridized carbons (Fsp3) is 0.385. The maximum Gasteiger partial charge on any atom is 0.310 e. The number of methoxy groups -OCH3 is 1. The number of carbonyl (C=O) groups excluding carboxylic acids is 2. The largest absolute Gasteiger partial charge is 0.469 e. The number of amides is 1. The normalized spacial score (nSPS) is 11.9. The van der Waals surface area contributed by atoms with Crippen LogP contribution in [0.15, 0.2) is 12.1 Å². The quantitative estimate of drug-likeness (QED) is 0.632. The molecule has 1 atom stereocenters. The Bertz CT molecular complexity index is 537. The maximum absolute atomic E-state index is 13.4. The highest BCUT2D eigenvalue weighted by atomic mass is 35.5. The third-order valence-corrected chi connectivity index (χ3v) is 3.34. The molecule has 20 heavy (non-hydrogen) atoms. The minimum absolute atomic E-state index is 0.00636. The Kier molecular flexibility index (Phi) is 5.77. The van der Waals surface area contributed by atoms with Gasteiger partial charge in [0.05, 0.1) is 28.6 Å². The second-order valence-corrected chi connectivity index (χ2v) is 5.17. The van der Waals surface area contributed by atoms with Gasteiger partial charge in [0.1, 0.15) is 5.82 Å². The predicted molar refractivity (Wildman–Crippen MR) is 74.6 cm³/mol. The van der Waals surface area contributed by atoms with Gasteiger partial charge in [-0.1, -0.05) is 30.1 Å². The summed E-state index contributed by atoms with van der Waals surface area (Å²) in [4.78, 5) is 24.7. The molecular weight excluding hydrogens is 308 g/mol. The van der Waals surface area contributed by atoms with Gasteiger partial charge in [-0.3, -0.25) is 9.59 Å². The molecule has 4 nitrogen and oxygen atoms in total. The Hall–Kier alpha value is -1.33. The van der Waals surface area contributed by atoms with Crippen molar-refractivity contribution in [3.8, 4) is 0 Å². The van der Waals surface area contributed by atoms with Crippen LogP contribution in [0.25, 0.3) is 0 Å². The molecule has 110 valence electrons. The van der Waals surface area contributed by atoms with Crippen molar-refractivity contribution in [2.75, 3.05) is 20.7 Å². The van der Waals surface area contributed by atoms with Crippen LogP contribution in [-0.2, 0) is 9.53 Å². The number of benzene rings is 1. The van der Waals surface area contributed by atoms with Crippen molar-refractivity contribution < 1.29 is 18.7 Å². The van der Waals surface area contributed by atoms with Gasteiger partial charge in [-0.25, -0.2) is 4.39 Å². The number of hydrogen-bond donors (Lipinski definition) is 0. The predicted octanol–water partition coefficient (Wildman–Crippen LogP) is 3.01. The van der Waals surface area contributed by atoms with E-state index in [1.165, 1.54) is 25.1 Å². The van der Waals surface area contributed by atoms with Crippen molar-refractivity contribution in [2.24, 2.45) is 5.92 Å². The van der Waals surface area contributed by atoms with Crippen LogP contribution >= 0.6 is 23.2 Å². The summed E-state index contributed by atoms with van der Waals surface area (Å²) in [5.74, 6) is -2.15. The molecule has 0 saturated heterocycles. The lowest BCUT2D eigenvalue weighted by molar-refractivity contribution is -0.145. The molecule has 0 N–H and O–H groups in total. The molecule has 0 spiro atoms. The van der Waals surface area contributed by atoms with Crippen molar-refractivity contribution in [1.29, 1.82) is 0 Å². The van der Waals surface area contributed by atoms with Crippen LogP contribution in [0.3, 0.4) is 0 Å². The number of halogens is 3. The van der Waals surface area contributed by atoms with Crippen molar-refractivity contribution in [3.05, 3.63) is 33.6 Å². The molecule has 1 unspecified atom stereocenters. The molecule has 0 radical (unpaired) electrons. The third-order valence-electron chi connectivity index (χ3n) is 2.74. The molecule has 0 aliphatic heterocycles. The number of nitrogens with zero attached hydrogens (tertiary/aromatic N) is 1. The van der Waals surface area contributed by atoms with E-state index in [2.05, 4.69) is 4.74 Å². The van der Waals surface area contributed by atoms with Gasteiger partial charge in [0, 0.05) is 13.6 Å². The van der Waals surface area contributed by atoms with E-state index in [1.807, 2.05) is 0 Å². The lowest BCUT2D eigenvalue weighted by Gasteiger charge is -2.21. The molecule has 1 aromatic rings. The van der Waals surface area contributed by atoms with Crippen LogP contribution in [0.4, 0.5) is 4.39 Å². The molecule has 0 heterocycles. The van der Waals surface area contributed by atoms with E-state index >= 15 is 0 Å². The average Bonchev–Trinajstić information content (AvgIpc) is 2.40. The van der Waals surface area contributed by atoms with Gasteiger partial charge >= 0.3 is 5.97 Å². The zero-order chi connectivity index (χ0) is 15.4. The Balaban J connectivity index is 2.90. The molecule has 0 fully saturated rings. The summed E-state index contributed by atoms with van der Waals surface area (Å²) in [6, 6.07) is 2.15. The van der Waals surface area contributed by atoms with E-state index in [1.54, 1.807) is 6.92 Å². The van der Waals surface area contributed by atoms with E-state index in [0.29, 0.717) is 0 Å². The molecule has 0 aromatic heterocycles. The number of rotatable bonds is 4. The van der Waals surface area contributed by atoms with Crippen molar-refractivity contribution >= 4 is 35.1 Å². The topological polar surface area (TPSA) is 46.6 Å². The Morgan fingerprint density at radius 2 is 1.95 bits per heavy atom. The van der Waals surface area contributed by atoms with Crippen molar-refractivity contribution in [3.63, 3.8) is 0 Å². The summed E-state index contributed by atoms with van der Waals surface area (Å²) >= 11 is 11.4. The summed E-state index contributed by atoms with van der Waals surface area (Å²) in [7, 11) is 2.76. The van der Waals surface area contributed by atoms with Crippen molar-refractivity contribution in [1.82, 2.24) is 4.90 Å². The molecule has 1 aromatic carbocycles. The summed E-state index contributed by atoms with van der Waals surface area (Å²) in [5, 5.41) is -0.101. The summed E-state index contributed by atoms with van der Waals surface area (Å²) in [6.07, 6.45) is 0. The zero-order valence-electron chi connectivity index (χ0n) is 11.2. The van der Waals surface area contributed by atoms with Crippen LogP contribution in [0.1, 0.15) is 17.3 Å². The first-order valence-corrected chi connectivity index (χ1v) is 6.51. The maximum atomic E-state index is 13.4. The van der Waals surface area contributed by atoms with Gasteiger partial charge in [-0.2, -0.15) is 0 Å². The number of carbonyl (C=O) groups is 2. The molecule has 1 rings (SSSR count). The monoisotopic (exact) mass is 321 g/mol. The smallest absolute Gasteiger partial charge is 0.310 e. The lowest BCUT2D eigenvalue weighted by atomic mass is 10.1. The van der Waals surface area contributed by atoms with Gasteiger partial charge in [-0.15, -0.1) is 0 Å². The second kappa shape index (κ2) is 6.90. The number of hydrogen-bond acceptors (Lipinski definition) is 3. The first-order chi connectivity index (χ1) is 9.27. The Morgan fingerprint density at radius 1 is 1.35 bits per heavy atom. The number of ether oxygens (including phenoxy) is 1. The van der Waals surface area contributed by atoms with Crippen LogP contribution in [-0.4, -0.2) is 37.5 Å². The molecular formula is C13H14Cl2FNO3. The summed E-state index contributed by atoms with van der Waals surface area (Å²) in [6.45, 7) is 1.76. The van der Waals surface area contributed by atoms with Gasteiger partial charge in [0.2, 0.25) is 0 Å². The molecule has 0 saturated carbocycles. The summed E-state index contributed by atoms with van der Waals surface area (Å²) in [5.41, 5.74) is -0.00636. The van der Waals surface area contributed by atoms with Crippen molar-refractivity contribution in [2.45, 2.75) is 6.92 Å². The highest BCUT2D eigenvalue weighted by Crippen LogP contribution is 2.25. The molecule has 7 heteroatoms. The van der Waals surface area contributed by atoms with E-state index < -0.39 is 23.6 Å². The Morgan fingerprint density at radius 3 is 2.50 bits per heavy atom. The molecule has 1 amide bonds. The van der Waals surface area contributed by atoms with Gasteiger partial charge < -0.3 is 9.64 Å². The second-order valence-electron chi connectivity index (χ2n) is 4.36. The Labute approximate surface area is 126 Å². The van der Waals surface area contributed by atoms with Gasteiger partial charge in [0.25, 0.3) is 5.91 Å². The first kappa shape index (κ1) is 16.7. The van der Waals surface area contributed by atoms with Crippen LogP contribution in [0.5, 0.6) is 0 Å². The van der Waals surface area contributed by atoms with Crippen LogP contribution in [0, 0.1) is 11.7 Å². The van der Waals surface area contributed by atoms with E-state index in [-0.39, 0.29) is 22.2 Å². The fourth-order valence-electron chi connectivity index (χ4n) is 1.66. The third kappa shape index (κ3) is 3.84. The minimum Gasteiger partial charge on any atom is -0.469 e. The molecule has 0 aliphatic carbocycles. The van der Waals surface area contributed by atoms with Crippen LogP contribution < -0.4 is 0 Å². The first-order valence-electron chi connectivity index (χ1n) is 5.75.